The molecule has 2 aromatic rings. The maximum absolute atomic E-state index is 12.4. The predicted octanol–water partition coefficient (Wildman–Crippen LogP) is 2.26. The minimum absolute atomic E-state index is 0.0571. The molecule has 3 rings (SSSR count). The molecular formula is C17H17N3O4. The van der Waals surface area contributed by atoms with E-state index in [-0.39, 0.29) is 17.3 Å². The summed E-state index contributed by atoms with van der Waals surface area (Å²) in [5.74, 6) is 0.0767. The summed E-state index contributed by atoms with van der Waals surface area (Å²) in [7, 11) is 0. The smallest absolute Gasteiger partial charge is 0.269 e. The first-order valence-electron chi connectivity index (χ1n) is 7.62. The van der Waals surface area contributed by atoms with Gasteiger partial charge in [0.1, 0.15) is 5.75 Å². The van der Waals surface area contributed by atoms with Crippen molar-refractivity contribution in [2.45, 2.75) is 0 Å². The number of phenols is 1. The van der Waals surface area contributed by atoms with Crippen LogP contribution in [0.1, 0.15) is 10.4 Å². The van der Waals surface area contributed by atoms with Crippen molar-refractivity contribution >= 4 is 17.3 Å². The average molecular weight is 327 g/mol. The minimum Gasteiger partial charge on any atom is -0.508 e. The molecule has 1 aliphatic rings. The second-order valence-corrected chi connectivity index (χ2v) is 5.60. The molecule has 0 atom stereocenters. The standard InChI is InChI=1S/C17H17N3O4/c21-16-7-1-13(2-8-16)17(22)19-11-9-18(10-12-19)14-3-5-15(6-4-14)20(23)24/h1-8,21H,9-12H2. The van der Waals surface area contributed by atoms with Gasteiger partial charge in [-0.2, -0.15) is 0 Å². The molecule has 2 aromatic carbocycles. The van der Waals surface area contributed by atoms with Crippen LogP contribution in [0, 0.1) is 10.1 Å². The third-order valence-corrected chi connectivity index (χ3v) is 4.11. The number of hydrogen-bond donors (Lipinski definition) is 1. The van der Waals surface area contributed by atoms with Crippen LogP contribution in [-0.2, 0) is 0 Å². The summed E-state index contributed by atoms with van der Waals surface area (Å²) in [5, 5.41) is 20.0. The van der Waals surface area contributed by atoms with Gasteiger partial charge in [0, 0.05) is 49.6 Å². The highest BCUT2D eigenvalue weighted by Crippen LogP contribution is 2.21. The summed E-state index contributed by atoms with van der Waals surface area (Å²) in [4.78, 5) is 26.6. The van der Waals surface area contributed by atoms with E-state index in [0.29, 0.717) is 31.7 Å². The largest absolute Gasteiger partial charge is 0.508 e. The van der Waals surface area contributed by atoms with Crippen molar-refractivity contribution in [2.24, 2.45) is 0 Å². The molecule has 1 fully saturated rings. The second-order valence-electron chi connectivity index (χ2n) is 5.60. The van der Waals surface area contributed by atoms with Crippen LogP contribution in [-0.4, -0.2) is 47.0 Å². The lowest BCUT2D eigenvalue weighted by molar-refractivity contribution is -0.384. The first kappa shape index (κ1) is 15.8. The van der Waals surface area contributed by atoms with Gasteiger partial charge >= 0.3 is 0 Å². The number of anilines is 1. The highest BCUT2D eigenvalue weighted by molar-refractivity contribution is 5.94. The van der Waals surface area contributed by atoms with E-state index in [1.54, 1.807) is 29.2 Å². The Bertz CT molecular complexity index is 735. The molecule has 124 valence electrons. The van der Waals surface area contributed by atoms with Gasteiger partial charge in [0.25, 0.3) is 11.6 Å². The Hall–Kier alpha value is -3.09. The van der Waals surface area contributed by atoms with E-state index in [9.17, 15) is 20.0 Å². The third-order valence-electron chi connectivity index (χ3n) is 4.11. The van der Waals surface area contributed by atoms with E-state index in [4.69, 9.17) is 0 Å². The first-order chi connectivity index (χ1) is 11.5. The van der Waals surface area contributed by atoms with Crippen LogP contribution in [0.5, 0.6) is 5.75 Å². The monoisotopic (exact) mass is 327 g/mol. The van der Waals surface area contributed by atoms with Crippen LogP contribution in [0.25, 0.3) is 0 Å². The van der Waals surface area contributed by atoms with Crippen molar-refractivity contribution in [3.05, 3.63) is 64.2 Å². The molecule has 0 saturated carbocycles. The van der Waals surface area contributed by atoms with Crippen molar-refractivity contribution in [3.63, 3.8) is 0 Å². The topological polar surface area (TPSA) is 86.9 Å². The van der Waals surface area contributed by atoms with Gasteiger partial charge in [-0.1, -0.05) is 0 Å². The van der Waals surface area contributed by atoms with Crippen LogP contribution in [0.3, 0.4) is 0 Å². The maximum Gasteiger partial charge on any atom is 0.269 e. The molecule has 7 nitrogen and oxygen atoms in total. The Kier molecular flexibility index (Phi) is 4.33. The Labute approximate surface area is 138 Å². The highest BCUT2D eigenvalue weighted by atomic mass is 16.6. The molecule has 7 heteroatoms. The van der Waals surface area contributed by atoms with Gasteiger partial charge in [-0.25, -0.2) is 0 Å². The summed E-state index contributed by atoms with van der Waals surface area (Å²) in [5.41, 5.74) is 1.54. The van der Waals surface area contributed by atoms with Crippen molar-refractivity contribution in [1.29, 1.82) is 0 Å². The lowest BCUT2D eigenvalue weighted by Gasteiger charge is -2.36. The number of piperazine rings is 1. The number of phenolic OH excluding ortho intramolecular Hbond substituents is 1. The van der Waals surface area contributed by atoms with Gasteiger partial charge in [-0.15, -0.1) is 0 Å². The SMILES string of the molecule is O=C(c1ccc(O)cc1)N1CCN(c2ccc([N+](=O)[O-])cc2)CC1. The van der Waals surface area contributed by atoms with Crippen LogP contribution >= 0.6 is 0 Å². The number of nitrogens with zero attached hydrogens (tertiary/aromatic N) is 3. The lowest BCUT2D eigenvalue weighted by Crippen LogP contribution is -2.48. The van der Waals surface area contributed by atoms with E-state index < -0.39 is 4.92 Å². The van der Waals surface area contributed by atoms with Gasteiger partial charge in [-0.3, -0.25) is 14.9 Å². The number of benzene rings is 2. The number of carbonyl (C=O) groups excluding carboxylic acids is 1. The number of aromatic hydroxyl groups is 1. The quantitative estimate of drug-likeness (QED) is 0.690. The highest BCUT2D eigenvalue weighted by Gasteiger charge is 2.22. The molecular weight excluding hydrogens is 310 g/mol. The molecule has 0 unspecified atom stereocenters. The fraction of sp³-hybridized carbons (Fsp3) is 0.235. The van der Waals surface area contributed by atoms with Crippen molar-refractivity contribution in [2.75, 3.05) is 31.1 Å². The van der Waals surface area contributed by atoms with Gasteiger partial charge in [0.05, 0.1) is 4.92 Å². The molecule has 0 radical (unpaired) electrons. The molecule has 1 amide bonds. The first-order valence-corrected chi connectivity index (χ1v) is 7.62. The van der Waals surface area contributed by atoms with Crippen LogP contribution < -0.4 is 4.90 Å². The molecule has 0 aliphatic carbocycles. The Morgan fingerprint density at radius 2 is 1.54 bits per heavy atom. The predicted molar refractivity (Wildman–Crippen MR) is 89.3 cm³/mol. The molecule has 1 N–H and O–H groups in total. The molecule has 0 spiro atoms. The van der Waals surface area contributed by atoms with Crippen molar-refractivity contribution in [1.82, 2.24) is 4.90 Å². The number of nitro benzene ring substituents is 1. The lowest BCUT2D eigenvalue weighted by atomic mass is 10.1. The molecule has 1 aliphatic heterocycles. The number of carbonyl (C=O) groups is 1. The van der Waals surface area contributed by atoms with E-state index >= 15 is 0 Å². The van der Waals surface area contributed by atoms with Crippen molar-refractivity contribution < 1.29 is 14.8 Å². The summed E-state index contributed by atoms with van der Waals surface area (Å²) in [6, 6.07) is 12.7. The molecule has 1 saturated heterocycles. The zero-order chi connectivity index (χ0) is 17.1. The maximum atomic E-state index is 12.4. The molecule has 0 bridgehead atoms. The van der Waals surface area contributed by atoms with Crippen LogP contribution in [0.2, 0.25) is 0 Å². The van der Waals surface area contributed by atoms with Gasteiger partial charge < -0.3 is 14.9 Å². The number of hydrogen-bond acceptors (Lipinski definition) is 5. The fourth-order valence-electron chi connectivity index (χ4n) is 2.74. The summed E-state index contributed by atoms with van der Waals surface area (Å²) in [6.07, 6.45) is 0. The van der Waals surface area contributed by atoms with E-state index in [0.717, 1.165) is 5.69 Å². The van der Waals surface area contributed by atoms with Crippen LogP contribution in [0.4, 0.5) is 11.4 Å². The second kappa shape index (κ2) is 6.57. The van der Waals surface area contributed by atoms with E-state index in [1.807, 2.05) is 0 Å². The number of non-ortho nitro benzene ring substituents is 1. The Morgan fingerprint density at radius 3 is 2.08 bits per heavy atom. The number of nitro groups is 1. The van der Waals surface area contributed by atoms with Gasteiger partial charge in [-0.05, 0) is 36.4 Å². The Balaban J connectivity index is 1.62. The minimum atomic E-state index is -0.419. The fourth-order valence-corrected chi connectivity index (χ4v) is 2.74. The molecule has 24 heavy (non-hydrogen) atoms. The van der Waals surface area contributed by atoms with Gasteiger partial charge in [0.2, 0.25) is 0 Å². The average Bonchev–Trinajstić information content (AvgIpc) is 2.62. The molecule has 1 heterocycles. The van der Waals surface area contributed by atoms with E-state index in [2.05, 4.69) is 4.90 Å². The Morgan fingerprint density at radius 1 is 0.958 bits per heavy atom. The number of rotatable bonds is 3. The molecule has 0 aromatic heterocycles. The van der Waals surface area contributed by atoms with Crippen LogP contribution in [0.15, 0.2) is 48.5 Å². The van der Waals surface area contributed by atoms with Crippen molar-refractivity contribution in [3.8, 4) is 5.75 Å². The third kappa shape index (κ3) is 3.29. The zero-order valence-electron chi connectivity index (χ0n) is 13.0. The normalized spacial score (nSPS) is 14.5. The zero-order valence-corrected chi connectivity index (χ0v) is 13.0. The van der Waals surface area contributed by atoms with E-state index in [1.165, 1.54) is 24.3 Å². The summed E-state index contributed by atoms with van der Waals surface area (Å²) < 4.78 is 0. The summed E-state index contributed by atoms with van der Waals surface area (Å²) in [6.45, 7) is 2.50. The van der Waals surface area contributed by atoms with Gasteiger partial charge in [0.15, 0.2) is 0 Å². The number of amides is 1. The summed E-state index contributed by atoms with van der Waals surface area (Å²) >= 11 is 0.